The van der Waals surface area contributed by atoms with Gasteiger partial charge in [0, 0.05) is 34.5 Å². The van der Waals surface area contributed by atoms with Crippen molar-refractivity contribution in [3.63, 3.8) is 0 Å². The molecule has 0 aromatic heterocycles. The van der Waals surface area contributed by atoms with E-state index >= 15 is 8.78 Å². The molecule has 8 aliphatic carbocycles. The molecule has 6 saturated carbocycles. The lowest BCUT2D eigenvalue weighted by Crippen LogP contribution is -2.64. The zero-order valence-corrected chi connectivity index (χ0v) is 41.1. The summed E-state index contributed by atoms with van der Waals surface area (Å²) >= 11 is 0. The topological polar surface area (TPSA) is 124 Å². The molecule has 0 aromatic rings. The number of fused-ring (bicyclic) bond motifs is 14. The Balaban J connectivity index is 0.834. The number of hydrogen-bond acceptors (Lipinski definition) is 10. The number of Topliss-reactive ketones (excluding diaryl/α,β-unsaturated/α-hetero) is 2. The first-order valence-electron chi connectivity index (χ1n) is 24.8. The lowest BCUT2D eigenvalue weighted by atomic mass is 9.37. The van der Waals surface area contributed by atoms with Gasteiger partial charge in [-0.1, -0.05) is 67.5 Å². The third-order valence-corrected chi connectivity index (χ3v) is 21.5. The van der Waals surface area contributed by atoms with Crippen LogP contribution < -0.4 is 0 Å². The maximum Gasteiger partial charge on any atom is 0.178 e. The van der Waals surface area contributed by atoms with Crippen molar-refractivity contribution in [1.29, 1.82) is 0 Å². The van der Waals surface area contributed by atoms with E-state index in [-0.39, 0.29) is 82.3 Å². The highest BCUT2D eigenvalue weighted by molar-refractivity contribution is 6.02. The second-order valence-electron chi connectivity index (χ2n) is 24.9. The molecule has 18 atom stereocenters. The van der Waals surface area contributed by atoms with Gasteiger partial charge in [0.05, 0.1) is 12.2 Å². The number of carbonyl (C=O) groups excluding carboxylic acids is 4. The molecule has 10 nitrogen and oxygen atoms in total. The van der Waals surface area contributed by atoms with Gasteiger partial charge in [0.25, 0.3) is 0 Å². The molecule has 10 rings (SSSR count). The van der Waals surface area contributed by atoms with Crippen LogP contribution in [0.1, 0.15) is 134 Å². The van der Waals surface area contributed by atoms with Crippen LogP contribution in [-0.4, -0.2) is 83.7 Å². The average Bonchev–Trinajstić information content (AvgIpc) is 3.79. The Morgan fingerprint density at radius 2 is 0.955 bits per heavy atom. The predicted octanol–water partition coefficient (Wildman–Crippen LogP) is 9.64. The van der Waals surface area contributed by atoms with E-state index in [4.69, 9.17) is 28.7 Å². The molecule has 362 valence electrons. The third kappa shape index (κ3) is 5.89. The Morgan fingerprint density at radius 1 is 0.591 bits per heavy atom. The zero-order chi connectivity index (χ0) is 47.8. The third-order valence-electron chi connectivity index (χ3n) is 21.5. The van der Waals surface area contributed by atoms with Gasteiger partial charge < -0.3 is 18.9 Å². The Labute approximate surface area is 389 Å². The Kier molecular flexibility index (Phi) is 10.3. The van der Waals surface area contributed by atoms with Gasteiger partial charge in [-0.3, -0.25) is 19.2 Å². The molecular weight excluding hydrogens is 847 g/mol. The standard InChI is InChI=1S/C54H72F2O10/c1-29-23-49(9)35(37-19-41(55)39-17-31(57)13-15-47(39,7)51(29,37)11)21-43-53(49,65-45(3,4)63-43)25-33(59)27-61-62-28-34(60)26-54-44(64-46(5,6)66-54)22-36-38-20-42(56)40-18-32(58)14-16-48(40,8)52(38,12)30(2)24-50(36,54)10/h13-18,29-30,35-38,41-44H,19-28H2,1-12H3. The number of alkyl halides is 2. The molecule has 2 saturated heterocycles. The highest BCUT2D eigenvalue weighted by Gasteiger charge is 2.79. The molecule has 0 spiro atoms. The molecule has 0 radical (unpaired) electrons. The predicted molar refractivity (Wildman–Crippen MR) is 240 cm³/mol. The lowest BCUT2D eigenvalue weighted by molar-refractivity contribution is -0.286. The van der Waals surface area contributed by atoms with E-state index in [9.17, 15) is 19.2 Å². The largest absolute Gasteiger partial charge is 0.344 e. The van der Waals surface area contributed by atoms with Gasteiger partial charge in [0.15, 0.2) is 34.7 Å². The van der Waals surface area contributed by atoms with E-state index in [1.807, 2.05) is 39.8 Å². The Bertz CT molecular complexity index is 2130. The average molecular weight is 919 g/mol. The molecule has 0 N–H and O–H groups in total. The number of allylic oxidation sites excluding steroid dienone is 8. The van der Waals surface area contributed by atoms with Crippen LogP contribution in [0, 0.1) is 68.0 Å². The van der Waals surface area contributed by atoms with E-state index in [1.165, 1.54) is 12.2 Å². The monoisotopic (exact) mass is 919 g/mol. The molecule has 0 bridgehead atoms. The minimum absolute atomic E-state index is 0.00265. The van der Waals surface area contributed by atoms with Gasteiger partial charge in [0.2, 0.25) is 0 Å². The fraction of sp³-hybridized carbons (Fsp3) is 0.778. The summed E-state index contributed by atoms with van der Waals surface area (Å²) in [5, 5.41) is 0. The number of rotatable bonds is 9. The van der Waals surface area contributed by atoms with Crippen molar-refractivity contribution in [2.24, 2.45) is 68.0 Å². The molecule has 0 amide bonds. The van der Waals surface area contributed by atoms with Crippen molar-refractivity contribution >= 4 is 23.1 Å². The van der Waals surface area contributed by atoms with Crippen LogP contribution in [0.4, 0.5) is 8.78 Å². The number of ketones is 4. The molecule has 0 aromatic carbocycles. The van der Waals surface area contributed by atoms with Gasteiger partial charge in [-0.2, -0.15) is 0 Å². The zero-order valence-electron chi connectivity index (χ0n) is 41.1. The first kappa shape index (κ1) is 47.0. The smallest absolute Gasteiger partial charge is 0.178 e. The molecule has 18 unspecified atom stereocenters. The van der Waals surface area contributed by atoms with Gasteiger partial charge in [-0.25, -0.2) is 18.6 Å². The van der Waals surface area contributed by atoms with Crippen LogP contribution >= 0.6 is 0 Å². The maximum absolute atomic E-state index is 16.4. The normalized spacial score (nSPS) is 52.2. The van der Waals surface area contributed by atoms with Gasteiger partial charge in [-0.05, 0) is 148 Å². The van der Waals surface area contributed by atoms with E-state index in [1.54, 1.807) is 12.2 Å². The fourth-order valence-electron chi connectivity index (χ4n) is 18.2. The number of hydrogen-bond donors (Lipinski definition) is 0. The fourth-order valence-corrected chi connectivity index (χ4v) is 18.2. The number of carbonyl (C=O) groups is 4. The highest BCUT2D eigenvalue weighted by Crippen LogP contribution is 2.78. The Hall–Kier alpha value is -2.74. The lowest BCUT2D eigenvalue weighted by Gasteiger charge is -2.67. The summed E-state index contributed by atoms with van der Waals surface area (Å²) in [5.74, 6) is -2.73. The van der Waals surface area contributed by atoms with E-state index in [0.717, 1.165) is 12.8 Å². The van der Waals surface area contributed by atoms with E-state index < -0.39 is 82.2 Å². The van der Waals surface area contributed by atoms with Crippen molar-refractivity contribution in [1.82, 2.24) is 0 Å². The molecular formula is C54H72F2O10. The SMILES string of the molecule is CC1CC2(C)C(CC3OC(C)(C)OC32CC(=O)COOCC(=O)CC23OC(C)(C)OC2CC2C4CC(F)C5=CC(=O)C=CC5(C)C4(C)C(C)CC23C)C2CC(F)C3=CC(=O)C=CC3(C)C12C. The molecule has 10 aliphatic rings. The van der Waals surface area contributed by atoms with Crippen molar-refractivity contribution in [2.75, 3.05) is 13.2 Å². The first-order chi connectivity index (χ1) is 30.6. The Morgan fingerprint density at radius 3 is 1.32 bits per heavy atom. The maximum atomic E-state index is 16.4. The summed E-state index contributed by atoms with van der Waals surface area (Å²) in [6.07, 6.45) is 9.99. The minimum Gasteiger partial charge on any atom is -0.344 e. The van der Waals surface area contributed by atoms with E-state index in [2.05, 4.69) is 55.4 Å². The summed E-state index contributed by atoms with van der Waals surface area (Å²) < 4.78 is 59.8. The van der Waals surface area contributed by atoms with Crippen molar-refractivity contribution < 1.29 is 56.7 Å². The summed E-state index contributed by atoms with van der Waals surface area (Å²) in [7, 11) is 0. The van der Waals surface area contributed by atoms with Crippen LogP contribution in [0.3, 0.4) is 0 Å². The second kappa shape index (κ2) is 14.4. The number of ether oxygens (including phenoxy) is 4. The quantitative estimate of drug-likeness (QED) is 0.126. The van der Waals surface area contributed by atoms with Crippen molar-refractivity contribution in [2.45, 2.75) is 182 Å². The van der Waals surface area contributed by atoms with Crippen molar-refractivity contribution in [3.05, 3.63) is 47.6 Å². The summed E-state index contributed by atoms with van der Waals surface area (Å²) in [6.45, 7) is 24.2. The summed E-state index contributed by atoms with van der Waals surface area (Å²) in [4.78, 5) is 64.5. The van der Waals surface area contributed by atoms with Gasteiger partial charge in [-0.15, -0.1) is 0 Å². The molecule has 66 heavy (non-hydrogen) atoms. The summed E-state index contributed by atoms with van der Waals surface area (Å²) in [5.41, 5.74) is -3.95. The highest BCUT2D eigenvalue weighted by atomic mass is 19.1. The van der Waals surface area contributed by atoms with Crippen molar-refractivity contribution in [3.8, 4) is 0 Å². The van der Waals surface area contributed by atoms with Crippen LogP contribution in [0.15, 0.2) is 47.6 Å². The van der Waals surface area contributed by atoms with Crippen LogP contribution in [-0.2, 0) is 47.9 Å². The first-order valence-corrected chi connectivity index (χ1v) is 24.8. The molecule has 2 heterocycles. The number of halogens is 2. The van der Waals surface area contributed by atoms with Gasteiger partial charge in [0.1, 0.15) is 36.8 Å². The van der Waals surface area contributed by atoms with Gasteiger partial charge >= 0.3 is 0 Å². The molecule has 2 aliphatic heterocycles. The summed E-state index contributed by atoms with van der Waals surface area (Å²) in [6, 6.07) is 0. The molecule has 12 heteroatoms. The van der Waals surface area contributed by atoms with Crippen LogP contribution in [0.5, 0.6) is 0 Å². The van der Waals surface area contributed by atoms with Crippen LogP contribution in [0.25, 0.3) is 0 Å². The van der Waals surface area contributed by atoms with E-state index in [0.29, 0.717) is 36.8 Å². The molecule has 8 fully saturated rings. The second-order valence-corrected chi connectivity index (χ2v) is 24.9. The van der Waals surface area contributed by atoms with Crippen LogP contribution in [0.2, 0.25) is 0 Å². The minimum atomic E-state index is -1.26.